The molecule has 3 aromatic rings. The van der Waals surface area contributed by atoms with Crippen LogP contribution in [0.2, 0.25) is 0 Å². The maximum Gasteiger partial charge on any atom is 0.262 e. The van der Waals surface area contributed by atoms with Gasteiger partial charge in [0.15, 0.2) is 5.16 Å². The molecule has 2 amide bonds. The monoisotopic (exact) mass is 450 g/mol. The van der Waals surface area contributed by atoms with Crippen molar-refractivity contribution >= 4 is 45.9 Å². The minimum absolute atomic E-state index is 0.0446. The standard InChI is InChI=1S/C24H26N4O3S/c1-4-15(2)28-23(31)17-9-5-6-10-18(17)26-24(28)32-14-22(30)27-16(3)13-21(29)25-19-11-7-8-12-20(19)27/h5-12,15-16H,4,13-14H2,1-3H3,(H,25,29). The molecule has 0 fully saturated rings. The maximum atomic E-state index is 13.4. The van der Waals surface area contributed by atoms with Gasteiger partial charge in [0.05, 0.1) is 28.0 Å². The summed E-state index contributed by atoms with van der Waals surface area (Å²) in [6, 6.07) is 14.3. The fourth-order valence-corrected chi connectivity index (χ4v) is 4.92. The van der Waals surface area contributed by atoms with Crippen molar-refractivity contribution in [2.75, 3.05) is 16.0 Å². The van der Waals surface area contributed by atoms with E-state index in [0.29, 0.717) is 27.4 Å². The van der Waals surface area contributed by atoms with Crippen LogP contribution in [0.3, 0.4) is 0 Å². The fraction of sp³-hybridized carbons (Fsp3) is 0.333. The van der Waals surface area contributed by atoms with Crippen LogP contribution in [0.1, 0.15) is 39.7 Å². The molecule has 0 radical (unpaired) electrons. The lowest BCUT2D eigenvalue weighted by Gasteiger charge is -2.28. The quantitative estimate of drug-likeness (QED) is 0.465. The topological polar surface area (TPSA) is 84.3 Å². The van der Waals surface area contributed by atoms with Crippen molar-refractivity contribution in [1.29, 1.82) is 0 Å². The highest BCUT2D eigenvalue weighted by Gasteiger charge is 2.30. The highest BCUT2D eigenvalue weighted by Crippen LogP contribution is 2.32. The van der Waals surface area contributed by atoms with Gasteiger partial charge in [0, 0.05) is 18.5 Å². The summed E-state index contributed by atoms with van der Waals surface area (Å²) in [5, 5.41) is 3.97. The summed E-state index contributed by atoms with van der Waals surface area (Å²) in [5.41, 5.74) is 1.83. The van der Waals surface area contributed by atoms with E-state index in [4.69, 9.17) is 4.98 Å². The second-order valence-electron chi connectivity index (χ2n) is 8.01. The average Bonchev–Trinajstić information content (AvgIpc) is 2.91. The number of nitrogens with zero attached hydrogens (tertiary/aromatic N) is 3. The third-order valence-electron chi connectivity index (χ3n) is 5.76. The highest BCUT2D eigenvalue weighted by molar-refractivity contribution is 7.99. The number of hydrogen-bond acceptors (Lipinski definition) is 5. The van der Waals surface area contributed by atoms with Crippen molar-refractivity contribution in [3.05, 3.63) is 58.9 Å². The Balaban J connectivity index is 1.67. The predicted octanol–water partition coefficient (Wildman–Crippen LogP) is 4.22. The SMILES string of the molecule is CCC(C)n1c(SCC(=O)N2c3ccccc3NC(=O)CC2C)nc2ccccc2c1=O. The molecule has 1 aliphatic rings. The van der Waals surface area contributed by atoms with E-state index in [2.05, 4.69) is 5.32 Å². The molecule has 1 N–H and O–H groups in total. The van der Waals surface area contributed by atoms with Gasteiger partial charge in [0.1, 0.15) is 0 Å². The average molecular weight is 451 g/mol. The van der Waals surface area contributed by atoms with Gasteiger partial charge in [-0.05, 0) is 44.5 Å². The Hall–Kier alpha value is -3.13. The summed E-state index contributed by atoms with van der Waals surface area (Å²) in [7, 11) is 0. The third-order valence-corrected chi connectivity index (χ3v) is 6.70. The molecule has 2 heterocycles. The fourth-order valence-electron chi connectivity index (χ4n) is 3.96. The van der Waals surface area contributed by atoms with Crippen LogP contribution >= 0.6 is 11.8 Å². The van der Waals surface area contributed by atoms with Crippen molar-refractivity contribution in [3.63, 3.8) is 0 Å². The number of aromatic nitrogens is 2. The Morgan fingerprint density at radius 1 is 1.19 bits per heavy atom. The second-order valence-corrected chi connectivity index (χ2v) is 8.96. The largest absolute Gasteiger partial charge is 0.324 e. The Morgan fingerprint density at radius 3 is 2.69 bits per heavy atom. The number of carbonyl (C=O) groups is 2. The van der Waals surface area contributed by atoms with Gasteiger partial charge in [-0.2, -0.15) is 0 Å². The van der Waals surface area contributed by atoms with Crippen molar-refractivity contribution in [3.8, 4) is 0 Å². The summed E-state index contributed by atoms with van der Waals surface area (Å²) in [6.45, 7) is 5.87. The molecule has 8 heteroatoms. The highest BCUT2D eigenvalue weighted by atomic mass is 32.2. The van der Waals surface area contributed by atoms with Crippen LogP contribution in [0.15, 0.2) is 58.5 Å². The van der Waals surface area contributed by atoms with Gasteiger partial charge < -0.3 is 10.2 Å². The van der Waals surface area contributed by atoms with Gasteiger partial charge in [-0.25, -0.2) is 4.98 Å². The molecule has 0 bridgehead atoms. The summed E-state index contributed by atoms with van der Waals surface area (Å²) in [6.07, 6.45) is 0.989. The minimum Gasteiger partial charge on any atom is -0.324 e. The Morgan fingerprint density at radius 2 is 1.91 bits per heavy atom. The molecule has 1 aliphatic heterocycles. The van der Waals surface area contributed by atoms with Gasteiger partial charge >= 0.3 is 0 Å². The number of nitrogens with one attached hydrogen (secondary N) is 1. The zero-order valence-electron chi connectivity index (χ0n) is 18.4. The number of anilines is 2. The molecule has 2 atom stereocenters. The van der Waals surface area contributed by atoms with Gasteiger partial charge in [-0.1, -0.05) is 43.0 Å². The first-order valence-corrected chi connectivity index (χ1v) is 11.7. The van der Waals surface area contributed by atoms with E-state index < -0.39 is 0 Å². The number of para-hydroxylation sites is 3. The first-order valence-electron chi connectivity index (χ1n) is 10.8. The zero-order chi connectivity index (χ0) is 22.8. The number of hydrogen-bond donors (Lipinski definition) is 1. The molecule has 32 heavy (non-hydrogen) atoms. The Bertz CT molecular complexity index is 1240. The van der Waals surface area contributed by atoms with Crippen LogP contribution in [0.4, 0.5) is 11.4 Å². The van der Waals surface area contributed by atoms with E-state index in [1.165, 1.54) is 11.8 Å². The molecule has 0 saturated carbocycles. The lowest BCUT2D eigenvalue weighted by molar-refractivity contribution is -0.117. The third kappa shape index (κ3) is 4.14. The van der Waals surface area contributed by atoms with Crippen LogP contribution in [0.5, 0.6) is 0 Å². The van der Waals surface area contributed by atoms with E-state index in [1.54, 1.807) is 21.6 Å². The second kappa shape index (κ2) is 9.16. The molecule has 1 aromatic heterocycles. The molecule has 0 saturated heterocycles. The van der Waals surface area contributed by atoms with Gasteiger partial charge in [-0.3, -0.25) is 19.0 Å². The van der Waals surface area contributed by atoms with Crippen LogP contribution in [-0.2, 0) is 9.59 Å². The van der Waals surface area contributed by atoms with Crippen LogP contribution in [0, 0.1) is 0 Å². The molecular formula is C24H26N4O3S. The van der Waals surface area contributed by atoms with Gasteiger partial charge in [0.2, 0.25) is 11.8 Å². The first kappa shape index (κ1) is 22.1. The number of benzene rings is 2. The number of thioether (sulfide) groups is 1. The lowest BCUT2D eigenvalue weighted by Crippen LogP contribution is -2.40. The van der Waals surface area contributed by atoms with Gasteiger partial charge in [-0.15, -0.1) is 0 Å². The number of amides is 2. The van der Waals surface area contributed by atoms with Crippen molar-refractivity contribution in [2.45, 2.75) is 50.9 Å². The molecule has 0 spiro atoms. The number of carbonyl (C=O) groups excluding carboxylic acids is 2. The van der Waals surface area contributed by atoms with Crippen molar-refractivity contribution in [1.82, 2.24) is 9.55 Å². The smallest absolute Gasteiger partial charge is 0.262 e. The number of fused-ring (bicyclic) bond motifs is 2. The van der Waals surface area contributed by atoms with Crippen LogP contribution in [-0.4, -0.2) is 33.2 Å². The molecule has 2 unspecified atom stereocenters. The molecule has 166 valence electrons. The maximum absolute atomic E-state index is 13.4. The predicted molar refractivity (Wildman–Crippen MR) is 128 cm³/mol. The summed E-state index contributed by atoms with van der Waals surface area (Å²) in [5.74, 6) is -0.145. The first-order chi connectivity index (χ1) is 15.4. The van der Waals surface area contributed by atoms with E-state index in [9.17, 15) is 14.4 Å². The molecule has 4 rings (SSSR count). The van der Waals surface area contributed by atoms with E-state index in [0.717, 1.165) is 6.42 Å². The van der Waals surface area contributed by atoms with Crippen molar-refractivity contribution in [2.24, 2.45) is 0 Å². The zero-order valence-corrected chi connectivity index (χ0v) is 19.2. The van der Waals surface area contributed by atoms with Crippen LogP contribution in [0.25, 0.3) is 10.9 Å². The molecule has 2 aromatic carbocycles. The van der Waals surface area contributed by atoms with Gasteiger partial charge in [0.25, 0.3) is 5.56 Å². The van der Waals surface area contributed by atoms with E-state index in [1.807, 2.05) is 57.2 Å². The lowest BCUT2D eigenvalue weighted by atomic mass is 10.2. The Kier molecular flexibility index (Phi) is 6.32. The summed E-state index contributed by atoms with van der Waals surface area (Å²) in [4.78, 5) is 45.1. The summed E-state index contributed by atoms with van der Waals surface area (Å²) < 4.78 is 1.69. The molecule has 7 nitrogen and oxygen atoms in total. The summed E-state index contributed by atoms with van der Waals surface area (Å²) >= 11 is 1.26. The molecule has 0 aliphatic carbocycles. The van der Waals surface area contributed by atoms with Crippen LogP contribution < -0.4 is 15.8 Å². The number of rotatable bonds is 5. The minimum atomic E-state index is -0.284. The van der Waals surface area contributed by atoms with E-state index in [-0.39, 0.29) is 41.6 Å². The normalized spacial score (nSPS) is 16.9. The Labute approximate surface area is 190 Å². The van der Waals surface area contributed by atoms with E-state index >= 15 is 0 Å². The van der Waals surface area contributed by atoms with Crippen molar-refractivity contribution < 1.29 is 9.59 Å². The molecular weight excluding hydrogens is 424 g/mol.